The molecule has 0 fully saturated rings. The Labute approximate surface area is 116 Å². The maximum Gasteiger partial charge on any atom is 0.122 e. The Morgan fingerprint density at radius 1 is 1.42 bits per heavy atom. The van der Waals surface area contributed by atoms with Gasteiger partial charge in [-0.3, -0.25) is 0 Å². The van der Waals surface area contributed by atoms with Gasteiger partial charge in [-0.15, -0.1) is 0 Å². The fourth-order valence-electron chi connectivity index (χ4n) is 2.66. The Morgan fingerprint density at radius 2 is 2.21 bits per heavy atom. The van der Waals surface area contributed by atoms with Crippen molar-refractivity contribution in [3.63, 3.8) is 0 Å². The van der Waals surface area contributed by atoms with Crippen molar-refractivity contribution in [1.29, 1.82) is 0 Å². The van der Waals surface area contributed by atoms with Gasteiger partial charge in [-0.2, -0.15) is 0 Å². The van der Waals surface area contributed by atoms with E-state index in [1.54, 1.807) is 0 Å². The van der Waals surface area contributed by atoms with Gasteiger partial charge in [0.05, 0.1) is 6.61 Å². The summed E-state index contributed by atoms with van der Waals surface area (Å²) in [5, 5.41) is 3.68. The molecule has 0 spiro atoms. The highest BCUT2D eigenvalue weighted by Gasteiger charge is 2.30. The number of benzene rings is 1. The third kappa shape index (κ3) is 3.38. The number of rotatable bonds is 7. The number of para-hydroxylation sites is 1. The Bertz CT molecular complexity index is 427. The second-order valence-corrected chi connectivity index (χ2v) is 5.32. The molecule has 2 unspecified atom stereocenters. The van der Waals surface area contributed by atoms with Crippen LogP contribution in [0.25, 0.3) is 0 Å². The van der Waals surface area contributed by atoms with E-state index >= 15 is 0 Å². The predicted octanol–water partition coefficient (Wildman–Crippen LogP) is 3.89. The maximum atomic E-state index is 5.82. The van der Waals surface area contributed by atoms with Gasteiger partial charge in [-0.25, -0.2) is 0 Å². The van der Waals surface area contributed by atoms with Gasteiger partial charge in [-0.05, 0) is 31.9 Å². The highest BCUT2D eigenvalue weighted by molar-refractivity contribution is 5.40. The predicted molar refractivity (Wildman–Crippen MR) is 80.8 cm³/mol. The summed E-state index contributed by atoms with van der Waals surface area (Å²) in [7, 11) is 0. The van der Waals surface area contributed by atoms with Crippen LogP contribution in [0.5, 0.6) is 5.75 Å². The Hall–Kier alpha value is -1.28. The summed E-state index contributed by atoms with van der Waals surface area (Å²) in [5.74, 6) is 1.50. The SMILES string of the molecule is C=C(CC)CC(NCCC)C1COc2ccccc21. The summed E-state index contributed by atoms with van der Waals surface area (Å²) in [6.07, 6.45) is 3.25. The van der Waals surface area contributed by atoms with E-state index < -0.39 is 0 Å². The average Bonchev–Trinajstić information content (AvgIpc) is 2.87. The molecule has 2 nitrogen and oxygen atoms in total. The monoisotopic (exact) mass is 259 g/mol. The topological polar surface area (TPSA) is 21.3 Å². The first-order chi connectivity index (χ1) is 9.26. The van der Waals surface area contributed by atoms with Gasteiger partial charge in [0, 0.05) is 17.5 Å². The van der Waals surface area contributed by atoms with Crippen molar-refractivity contribution in [2.24, 2.45) is 0 Å². The van der Waals surface area contributed by atoms with Gasteiger partial charge in [0.15, 0.2) is 0 Å². The van der Waals surface area contributed by atoms with Gasteiger partial charge in [0.1, 0.15) is 5.75 Å². The van der Waals surface area contributed by atoms with Crippen LogP contribution < -0.4 is 10.1 Å². The summed E-state index contributed by atoms with van der Waals surface area (Å²) >= 11 is 0. The number of ether oxygens (including phenoxy) is 1. The molecule has 0 aliphatic carbocycles. The molecule has 0 amide bonds. The molecule has 0 saturated carbocycles. The number of hydrogen-bond donors (Lipinski definition) is 1. The molecule has 1 N–H and O–H groups in total. The zero-order chi connectivity index (χ0) is 13.7. The minimum Gasteiger partial charge on any atom is -0.493 e. The third-order valence-electron chi connectivity index (χ3n) is 3.89. The van der Waals surface area contributed by atoms with Crippen LogP contribution in [0.3, 0.4) is 0 Å². The van der Waals surface area contributed by atoms with Crippen LogP contribution in [-0.2, 0) is 0 Å². The lowest BCUT2D eigenvalue weighted by atomic mass is 9.88. The first-order valence-corrected chi connectivity index (χ1v) is 7.38. The molecule has 19 heavy (non-hydrogen) atoms. The molecule has 0 radical (unpaired) electrons. The second-order valence-electron chi connectivity index (χ2n) is 5.32. The van der Waals surface area contributed by atoms with E-state index in [1.807, 2.05) is 6.07 Å². The summed E-state index contributed by atoms with van der Waals surface area (Å²) in [6.45, 7) is 10.4. The quantitative estimate of drug-likeness (QED) is 0.750. The maximum absolute atomic E-state index is 5.82. The molecule has 2 heteroatoms. The molecule has 0 saturated heterocycles. The van der Waals surface area contributed by atoms with Gasteiger partial charge in [-0.1, -0.05) is 44.2 Å². The molecule has 2 rings (SSSR count). The molecule has 0 aromatic heterocycles. The van der Waals surface area contributed by atoms with Crippen molar-refractivity contribution in [3.8, 4) is 5.75 Å². The van der Waals surface area contributed by atoms with E-state index in [2.05, 4.69) is 43.9 Å². The molecule has 1 heterocycles. The molecule has 1 aliphatic heterocycles. The van der Waals surface area contributed by atoms with E-state index in [-0.39, 0.29) is 0 Å². The molecule has 1 aromatic rings. The summed E-state index contributed by atoms with van der Waals surface area (Å²) < 4.78 is 5.82. The normalized spacial score (nSPS) is 18.7. The number of hydrogen-bond acceptors (Lipinski definition) is 2. The van der Waals surface area contributed by atoms with E-state index in [0.29, 0.717) is 12.0 Å². The van der Waals surface area contributed by atoms with Gasteiger partial charge >= 0.3 is 0 Å². The van der Waals surface area contributed by atoms with Crippen LogP contribution >= 0.6 is 0 Å². The zero-order valence-electron chi connectivity index (χ0n) is 12.1. The highest BCUT2D eigenvalue weighted by atomic mass is 16.5. The molecule has 104 valence electrons. The number of nitrogens with one attached hydrogen (secondary N) is 1. The molecular weight excluding hydrogens is 234 g/mol. The first-order valence-electron chi connectivity index (χ1n) is 7.38. The lowest BCUT2D eigenvalue weighted by Crippen LogP contribution is -2.36. The Kier molecular flexibility index (Phi) is 5.03. The fourth-order valence-corrected chi connectivity index (χ4v) is 2.66. The van der Waals surface area contributed by atoms with E-state index in [4.69, 9.17) is 4.74 Å². The van der Waals surface area contributed by atoms with Crippen LogP contribution in [0.1, 0.15) is 44.6 Å². The largest absolute Gasteiger partial charge is 0.493 e. The molecule has 2 atom stereocenters. The standard InChI is InChI=1S/C17H25NO/c1-4-10-18-16(11-13(3)5-2)15-12-19-17-9-7-6-8-14(15)17/h6-9,15-16,18H,3-5,10-12H2,1-2H3. The van der Waals surface area contributed by atoms with Crippen LogP contribution in [0.4, 0.5) is 0 Å². The lowest BCUT2D eigenvalue weighted by Gasteiger charge is -2.25. The summed E-state index contributed by atoms with van der Waals surface area (Å²) in [6, 6.07) is 8.85. The minimum absolute atomic E-state index is 0.441. The van der Waals surface area contributed by atoms with Crippen molar-refractivity contribution in [2.75, 3.05) is 13.2 Å². The summed E-state index contributed by atoms with van der Waals surface area (Å²) in [4.78, 5) is 0. The zero-order valence-corrected chi connectivity index (χ0v) is 12.1. The van der Waals surface area contributed by atoms with Crippen molar-refractivity contribution >= 4 is 0 Å². The van der Waals surface area contributed by atoms with Gasteiger partial charge < -0.3 is 10.1 Å². The highest BCUT2D eigenvalue weighted by Crippen LogP contribution is 2.37. The smallest absolute Gasteiger partial charge is 0.122 e. The summed E-state index contributed by atoms with van der Waals surface area (Å²) in [5.41, 5.74) is 2.66. The number of fused-ring (bicyclic) bond motifs is 1. The van der Waals surface area contributed by atoms with Crippen molar-refractivity contribution < 1.29 is 4.74 Å². The van der Waals surface area contributed by atoms with E-state index in [0.717, 1.165) is 38.2 Å². The first kappa shape index (κ1) is 14.1. The van der Waals surface area contributed by atoms with Crippen LogP contribution in [0.2, 0.25) is 0 Å². The second kappa shape index (κ2) is 6.76. The average molecular weight is 259 g/mol. The van der Waals surface area contributed by atoms with Crippen molar-refractivity contribution in [2.45, 2.75) is 45.1 Å². The Morgan fingerprint density at radius 3 is 2.95 bits per heavy atom. The fraction of sp³-hybridized carbons (Fsp3) is 0.529. The van der Waals surface area contributed by atoms with Crippen molar-refractivity contribution in [3.05, 3.63) is 42.0 Å². The lowest BCUT2D eigenvalue weighted by molar-refractivity contribution is 0.296. The minimum atomic E-state index is 0.441. The van der Waals surface area contributed by atoms with Crippen LogP contribution in [0.15, 0.2) is 36.4 Å². The molecule has 0 bridgehead atoms. The molecule has 1 aliphatic rings. The van der Waals surface area contributed by atoms with E-state index in [9.17, 15) is 0 Å². The van der Waals surface area contributed by atoms with Crippen LogP contribution in [0, 0.1) is 0 Å². The van der Waals surface area contributed by atoms with Gasteiger partial charge in [0.25, 0.3) is 0 Å². The van der Waals surface area contributed by atoms with Crippen molar-refractivity contribution in [1.82, 2.24) is 5.32 Å². The van der Waals surface area contributed by atoms with Gasteiger partial charge in [0.2, 0.25) is 0 Å². The Balaban J connectivity index is 2.12. The molecular formula is C17H25NO. The molecule has 1 aromatic carbocycles. The van der Waals surface area contributed by atoms with E-state index in [1.165, 1.54) is 11.1 Å². The van der Waals surface area contributed by atoms with Crippen LogP contribution in [-0.4, -0.2) is 19.2 Å². The third-order valence-corrected chi connectivity index (χ3v) is 3.89.